The number of ether oxygens (including phenoxy) is 1. The first-order valence-corrected chi connectivity index (χ1v) is 10.2. The molecule has 8 heteroatoms. The number of carbonyl (C=O) groups excluding carboxylic acids is 1. The van der Waals surface area contributed by atoms with Crippen molar-refractivity contribution >= 4 is 5.91 Å². The van der Waals surface area contributed by atoms with E-state index in [9.17, 15) is 18.4 Å². The second-order valence-corrected chi connectivity index (χ2v) is 7.51. The Morgan fingerprint density at radius 2 is 1.47 bits per heavy atom. The molecule has 1 amide bonds. The molecule has 166 valence electrons. The molecule has 0 saturated carbocycles. The van der Waals surface area contributed by atoms with E-state index in [2.05, 4.69) is 4.90 Å². The summed E-state index contributed by atoms with van der Waals surface area (Å²) in [5, 5.41) is 0. The maximum atomic E-state index is 13.5. The number of benzene rings is 2. The number of hydrogen-bond donors (Lipinski definition) is 0. The minimum Gasteiger partial charge on any atom is -0.490 e. The van der Waals surface area contributed by atoms with Crippen LogP contribution in [-0.2, 0) is 0 Å². The zero-order valence-corrected chi connectivity index (χ0v) is 17.5. The van der Waals surface area contributed by atoms with Crippen LogP contribution in [-0.4, -0.2) is 49.0 Å². The number of carbonyl (C=O) groups is 1. The van der Waals surface area contributed by atoms with Gasteiger partial charge in [0.2, 0.25) is 11.2 Å². The third-order valence-corrected chi connectivity index (χ3v) is 5.57. The van der Waals surface area contributed by atoms with E-state index in [1.807, 2.05) is 0 Å². The number of nitrogens with zero attached hydrogens (tertiary/aromatic N) is 2. The van der Waals surface area contributed by atoms with Gasteiger partial charge in [-0.2, -0.15) is 0 Å². The second kappa shape index (κ2) is 9.32. The average molecular weight is 440 g/mol. The molecule has 32 heavy (non-hydrogen) atoms. The Hall–Kier alpha value is -3.52. The van der Waals surface area contributed by atoms with Crippen molar-refractivity contribution in [3.8, 4) is 5.75 Å². The molecule has 1 aliphatic heterocycles. The molecule has 0 bridgehead atoms. The summed E-state index contributed by atoms with van der Waals surface area (Å²) >= 11 is 0. The lowest BCUT2D eigenvalue weighted by Gasteiger charge is -2.39. The molecule has 1 aliphatic rings. The lowest BCUT2D eigenvalue weighted by Crippen LogP contribution is -2.50. The first-order chi connectivity index (χ1) is 15.5. The van der Waals surface area contributed by atoms with E-state index >= 15 is 0 Å². The van der Waals surface area contributed by atoms with Gasteiger partial charge in [-0.3, -0.25) is 14.5 Å². The molecular formula is C24H22F2N2O4. The van der Waals surface area contributed by atoms with Gasteiger partial charge < -0.3 is 14.1 Å². The molecular weight excluding hydrogens is 418 g/mol. The van der Waals surface area contributed by atoms with Gasteiger partial charge in [0, 0.05) is 32.2 Å². The highest BCUT2D eigenvalue weighted by atomic mass is 19.1. The third-order valence-electron chi connectivity index (χ3n) is 5.57. The molecule has 0 N–H and O–H groups in total. The van der Waals surface area contributed by atoms with E-state index in [0.717, 1.165) is 23.5 Å². The highest BCUT2D eigenvalue weighted by Crippen LogP contribution is 2.30. The Morgan fingerprint density at radius 1 is 0.938 bits per heavy atom. The van der Waals surface area contributed by atoms with Crippen LogP contribution in [0.5, 0.6) is 5.75 Å². The second-order valence-electron chi connectivity index (χ2n) is 7.51. The standard InChI is InChI=1S/C24H22F2N2O4/c1-31-22-15-32-21(14-20(22)29)24(30)28-12-10-27(11-13-28)23(16-2-6-18(25)7-3-16)17-4-8-19(26)9-5-17/h2-9,14-15,23H,10-13H2,1H3. The minimum atomic E-state index is -0.423. The summed E-state index contributed by atoms with van der Waals surface area (Å²) < 4.78 is 37.1. The maximum absolute atomic E-state index is 13.5. The average Bonchev–Trinajstić information content (AvgIpc) is 2.81. The molecule has 0 unspecified atom stereocenters. The largest absolute Gasteiger partial charge is 0.490 e. The normalized spacial score (nSPS) is 14.6. The van der Waals surface area contributed by atoms with Crippen LogP contribution in [0.25, 0.3) is 0 Å². The van der Waals surface area contributed by atoms with Crippen molar-refractivity contribution in [1.29, 1.82) is 0 Å². The molecule has 1 aromatic heterocycles. The highest BCUT2D eigenvalue weighted by Gasteiger charge is 2.29. The zero-order chi connectivity index (χ0) is 22.7. The van der Waals surface area contributed by atoms with Crippen LogP contribution in [0.15, 0.2) is 70.1 Å². The molecule has 0 radical (unpaired) electrons. The van der Waals surface area contributed by atoms with Gasteiger partial charge in [0.05, 0.1) is 13.2 Å². The van der Waals surface area contributed by atoms with E-state index < -0.39 is 5.43 Å². The van der Waals surface area contributed by atoms with Crippen molar-refractivity contribution in [1.82, 2.24) is 9.80 Å². The molecule has 2 heterocycles. The predicted octanol–water partition coefficient (Wildman–Crippen LogP) is 3.47. The van der Waals surface area contributed by atoms with Crippen molar-refractivity contribution in [3.63, 3.8) is 0 Å². The van der Waals surface area contributed by atoms with E-state index in [4.69, 9.17) is 9.15 Å². The lowest BCUT2D eigenvalue weighted by molar-refractivity contribution is 0.0564. The van der Waals surface area contributed by atoms with Crippen LogP contribution >= 0.6 is 0 Å². The first-order valence-electron chi connectivity index (χ1n) is 10.2. The van der Waals surface area contributed by atoms with E-state index in [1.54, 1.807) is 29.2 Å². The summed E-state index contributed by atoms with van der Waals surface area (Å²) in [6, 6.07) is 13.4. The van der Waals surface area contributed by atoms with E-state index in [1.165, 1.54) is 31.4 Å². The topological polar surface area (TPSA) is 63.0 Å². The summed E-state index contributed by atoms with van der Waals surface area (Å²) in [6.45, 7) is 1.89. The molecule has 1 saturated heterocycles. The Bertz CT molecular complexity index is 1090. The molecule has 0 spiro atoms. The van der Waals surface area contributed by atoms with Gasteiger partial charge in [-0.25, -0.2) is 8.78 Å². The fraction of sp³-hybridized carbons (Fsp3) is 0.250. The number of piperazine rings is 1. The van der Waals surface area contributed by atoms with Crippen molar-refractivity contribution < 1.29 is 22.7 Å². The SMILES string of the molecule is COc1coc(C(=O)N2CCN(C(c3ccc(F)cc3)c3ccc(F)cc3)CC2)cc1=O. The zero-order valence-electron chi connectivity index (χ0n) is 17.5. The Kier molecular flexibility index (Phi) is 6.32. The fourth-order valence-corrected chi connectivity index (χ4v) is 3.90. The summed E-state index contributed by atoms with van der Waals surface area (Å²) in [6.07, 6.45) is 1.13. The number of rotatable bonds is 5. The number of hydrogen-bond acceptors (Lipinski definition) is 5. The number of halogens is 2. The monoisotopic (exact) mass is 440 g/mol. The van der Waals surface area contributed by atoms with Crippen molar-refractivity contribution in [2.75, 3.05) is 33.3 Å². The molecule has 2 aromatic carbocycles. The number of amides is 1. The summed E-state index contributed by atoms with van der Waals surface area (Å²) in [5.74, 6) is -1.04. The summed E-state index contributed by atoms with van der Waals surface area (Å²) in [5.41, 5.74) is 1.33. The molecule has 6 nitrogen and oxygen atoms in total. The van der Waals surface area contributed by atoms with Crippen LogP contribution in [0.1, 0.15) is 27.7 Å². The van der Waals surface area contributed by atoms with Gasteiger partial charge in [-0.15, -0.1) is 0 Å². The lowest BCUT2D eigenvalue weighted by atomic mass is 9.96. The minimum absolute atomic E-state index is 0.0350. The van der Waals surface area contributed by atoms with Crippen LogP contribution in [0, 0.1) is 11.6 Å². The maximum Gasteiger partial charge on any atom is 0.289 e. The smallest absolute Gasteiger partial charge is 0.289 e. The fourth-order valence-electron chi connectivity index (χ4n) is 3.90. The predicted molar refractivity (Wildman–Crippen MR) is 114 cm³/mol. The Balaban J connectivity index is 1.52. The number of methoxy groups -OCH3 is 1. The molecule has 1 fully saturated rings. The Labute approximate surface area is 183 Å². The van der Waals surface area contributed by atoms with Gasteiger partial charge in [0.15, 0.2) is 5.76 Å². The molecule has 0 aliphatic carbocycles. The van der Waals surface area contributed by atoms with Crippen molar-refractivity contribution in [2.24, 2.45) is 0 Å². The summed E-state index contributed by atoms with van der Waals surface area (Å²) in [7, 11) is 1.35. The molecule has 0 atom stereocenters. The van der Waals surface area contributed by atoms with Gasteiger partial charge in [0.25, 0.3) is 5.91 Å². The van der Waals surface area contributed by atoms with Crippen molar-refractivity contribution in [2.45, 2.75) is 6.04 Å². The van der Waals surface area contributed by atoms with Gasteiger partial charge in [-0.1, -0.05) is 24.3 Å². The Morgan fingerprint density at radius 3 is 1.94 bits per heavy atom. The van der Waals surface area contributed by atoms with Crippen LogP contribution < -0.4 is 10.2 Å². The molecule has 3 aromatic rings. The van der Waals surface area contributed by atoms with Crippen LogP contribution in [0.3, 0.4) is 0 Å². The van der Waals surface area contributed by atoms with E-state index in [-0.39, 0.29) is 35.1 Å². The van der Waals surface area contributed by atoms with Gasteiger partial charge >= 0.3 is 0 Å². The quantitative estimate of drug-likeness (QED) is 0.608. The van der Waals surface area contributed by atoms with E-state index in [0.29, 0.717) is 26.2 Å². The molecule has 4 rings (SSSR count). The van der Waals surface area contributed by atoms with Gasteiger partial charge in [0.1, 0.15) is 17.9 Å². The van der Waals surface area contributed by atoms with Crippen molar-refractivity contribution in [3.05, 3.63) is 99.6 Å². The summed E-state index contributed by atoms with van der Waals surface area (Å²) in [4.78, 5) is 28.5. The highest BCUT2D eigenvalue weighted by molar-refractivity contribution is 5.91. The van der Waals surface area contributed by atoms with Crippen LogP contribution in [0.2, 0.25) is 0 Å². The third kappa shape index (κ3) is 4.55. The van der Waals surface area contributed by atoms with Crippen LogP contribution in [0.4, 0.5) is 8.78 Å². The first kappa shape index (κ1) is 21.7. The van der Waals surface area contributed by atoms with Gasteiger partial charge in [-0.05, 0) is 35.4 Å².